The summed E-state index contributed by atoms with van der Waals surface area (Å²) >= 11 is 0. The van der Waals surface area contributed by atoms with Crippen LogP contribution in [0.3, 0.4) is 0 Å². The van der Waals surface area contributed by atoms with E-state index in [1.807, 2.05) is 0 Å². The van der Waals surface area contributed by atoms with Gasteiger partial charge >= 0.3 is 0 Å². The van der Waals surface area contributed by atoms with E-state index in [4.69, 9.17) is 0 Å². The molecule has 1 amide bonds. The van der Waals surface area contributed by atoms with E-state index in [-0.39, 0.29) is 22.2 Å². The third kappa shape index (κ3) is 4.72. The van der Waals surface area contributed by atoms with Crippen LogP contribution in [-0.2, 0) is 0 Å². The number of carbonyl (C=O) groups excluding carboxylic acids is 1. The Morgan fingerprint density at radius 2 is 1.47 bits per heavy atom. The van der Waals surface area contributed by atoms with E-state index in [9.17, 15) is 4.79 Å². The molecule has 0 radical (unpaired) electrons. The van der Waals surface area contributed by atoms with Crippen molar-refractivity contribution in [2.24, 2.45) is 10.8 Å². The van der Waals surface area contributed by atoms with Crippen LogP contribution in [0.5, 0.6) is 0 Å². The molecule has 0 heterocycles. The van der Waals surface area contributed by atoms with Crippen LogP contribution in [0, 0.1) is 10.8 Å². The van der Waals surface area contributed by atoms with Crippen molar-refractivity contribution in [2.75, 3.05) is 0 Å². The Hall–Kier alpha value is -0.465. The first-order valence-corrected chi connectivity index (χ1v) is 5.66. The van der Waals surface area contributed by atoms with Crippen LogP contribution in [-0.4, -0.2) is 19.2 Å². The summed E-state index contributed by atoms with van der Waals surface area (Å²) in [5.41, 5.74) is 0.296. The van der Waals surface area contributed by atoms with Crippen LogP contribution in [0.15, 0.2) is 0 Å². The van der Waals surface area contributed by atoms with Crippen molar-refractivity contribution >= 4 is 13.7 Å². The Morgan fingerprint density at radius 1 is 1.07 bits per heavy atom. The second kappa shape index (κ2) is 4.19. The molecule has 0 aliphatic heterocycles. The van der Waals surface area contributed by atoms with Crippen LogP contribution in [0.2, 0.25) is 0 Å². The first kappa shape index (κ1) is 14.5. The Morgan fingerprint density at radius 3 is 1.73 bits per heavy atom. The van der Waals surface area contributed by atoms with Gasteiger partial charge in [-0.2, -0.15) is 0 Å². The highest BCUT2D eigenvalue weighted by molar-refractivity contribution is 6.57. The minimum absolute atomic E-state index is 0.0460. The molecule has 0 aromatic rings. The largest absolute Gasteiger partial charge is 0.360 e. The molecule has 0 aromatic carbocycles. The number of hydrogen-bond donors (Lipinski definition) is 1. The second-order valence-electron chi connectivity index (χ2n) is 6.88. The van der Waals surface area contributed by atoms with Gasteiger partial charge in [0.05, 0.1) is 0 Å². The third-order valence-corrected chi connectivity index (χ3v) is 3.43. The minimum Gasteiger partial charge on any atom is -0.360 e. The van der Waals surface area contributed by atoms with Crippen molar-refractivity contribution in [1.29, 1.82) is 0 Å². The molecule has 0 fully saturated rings. The van der Waals surface area contributed by atoms with E-state index in [0.717, 1.165) is 6.42 Å². The van der Waals surface area contributed by atoms with E-state index in [1.165, 1.54) is 0 Å². The normalized spacial score (nSPS) is 13.8. The van der Waals surface area contributed by atoms with Gasteiger partial charge in [0.2, 0.25) is 7.85 Å². The molecule has 0 rings (SSSR count). The Kier molecular flexibility index (Phi) is 4.06. The quantitative estimate of drug-likeness (QED) is 0.714. The Balaban J connectivity index is 4.64. The monoisotopic (exact) mass is 211 g/mol. The molecule has 1 N–H and O–H groups in total. The summed E-state index contributed by atoms with van der Waals surface area (Å²) in [6.07, 6.45) is 0.975. The van der Waals surface area contributed by atoms with Crippen LogP contribution in [0.25, 0.3) is 0 Å². The van der Waals surface area contributed by atoms with Gasteiger partial charge in [-0.05, 0) is 31.1 Å². The maximum Gasteiger partial charge on any atom is 0.215 e. The fourth-order valence-corrected chi connectivity index (χ4v) is 1.89. The predicted molar refractivity (Wildman–Crippen MR) is 69.0 cm³/mol. The van der Waals surface area contributed by atoms with Crippen molar-refractivity contribution in [3.8, 4) is 0 Å². The van der Waals surface area contributed by atoms with E-state index in [2.05, 4.69) is 53.8 Å². The minimum atomic E-state index is -0.136. The first-order valence-electron chi connectivity index (χ1n) is 5.66. The summed E-state index contributed by atoms with van der Waals surface area (Å²) in [4.78, 5) is 11.1. The van der Waals surface area contributed by atoms with Crippen molar-refractivity contribution < 1.29 is 4.79 Å². The lowest BCUT2D eigenvalue weighted by Gasteiger charge is -2.44. The molecule has 0 spiro atoms. The molecule has 0 saturated carbocycles. The highest BCUT2D eigenvalue weighted by Gasteiger charge is 2.37. The zero-order chi connectivity index (χ0) is 12.5. The molecule has 88 valence electrons. The van der Waals surface area contributed by atoms with Crippen LogP contribution >= 0.6 is 0 Å². The average molecular weight is 211 g/mol. The van der Waals surface area contributed by atoms with Crippen molar-refractivity contribution in [1.82, 2.24) is 5.32 Å². The molecule has 0 atom stereocenters. The van der Waals surface area contributed by atoms with Crippen LogP contribution < -0.4 is 5.32 Å². The van der Waals surface area contributed by atoms with Gasteiger partial charge in [0, 0.05) is 5.54 Å². The summed E-state index contributed by atoms with van der Waals surface area (Å²) in [5.74, 6) is 0.0460. The molecule has 0 bridgehead atoms. The summed E-state index contributed by atoms with van der Waals surface area (Å²) in [7, 11) is 1.58. The SMILES string of the molecule is BC(=O)NC(C)(C)CC(C)(C)C(C)(C)C. The lowest BCUT2D eigenvalue weighted by atomic mass is 9.64. The second-order valence-corrected chi connectivity index (χ2v) is 6.88. The Bertz CT molecular complexity index is 238. The van der Waals surface area contributed by atoms with Crippen molar-refractivity contribution in [3.05, 3.63) is 0 Å². The maximum atomic E-state index is 11.1. The standard InChI is InChI=1S/C12H26BNO/c1-10(2,3)11(4,5)8-12(6,7)14-9(13)15/h8,13H2,1-7H3,(H,14,15). The van der Waals surface area contributed by atoms with Gasteiger partial charge in [0.1, 0.15) is 0 Å². The van der Waals surface area contributed by atoms with Gasteiger partial charge in [-0.3, -0.25) is 4.79 Å². The fraction of sp³-hybridized carbons (Fsp3) is 0.917. The lowest BCUT2D eigenvalue weighted by molar-refractivity contribution is 0.0866. The number of carbonyl (C=O) groups is 1. The molecule has 3 heteroatoms. The lowest BCUT2D eigenvalue weighted by Crippen LogP contribution is -2.48. The number of hydrogen-bond acceptors (Lipinski definition) is 1. The van der Waals surface area contributed by atoms with Gasteiger partial charge < -0.3 is 5.32 Å². The van der Waals surface area contributed by atoms with Crippen molar-refractivity contribution in [2.45, 2.75) is 60.4 Å². The fourth-order valence-electron chi connectivity index (χ4n) is 1.89. The molecule has 0 aromatic heterocycles. The predicted octanol–water partition coefficient (Wildman–Crippen LogP) is 2.57. The van der Waals surface area contributed by atoms with Crippen LogP contribution in [0.4, 0.5) is 4.79 Å². The molecule has 15 heavy (non-hydrogen) atoms. The number of nitrogens with one attached hydrogen (secondary N) is 1. The zero-order valence-electron chi connectivity index (χ0n) is 11.6. The molecule has 2 nitrogen and oxygen atoms in total. The van der Waals surface area contributed by atoms with Crippen LogP contribution in [0.1, 0.15) is 54.9 Å². The molecule has 0 saturated heterocycles. The van der Waals surface area contributed by atoms with Gasteiger partial charge in [0.25, 0.3) is 0 Å². The first-order chi connectivity index (χ1) is 6.37. The number of amides is 1. The smallest absolute Gasteiger partial charge is 0.215 e. The summed E-state index contributed by atoms with van der Waals surface area (Å²) in [6, 6.07) is 0. The highest BCUT2D eigenvalue weighted by Crippen LogP contribution is 2.43. The van der Waals surface area contributed by atoms with Gasteiger partial charge in [-0.15, -0.1) is 0 Å². The third-order valence-electron chi connectivity index (χ3n) is 3.43. The zero-order valence-corrected chi connectivity index (χ0v) is 11.6. The Labute approximate surface area is 95.6 Å². The summed E-state index contributed by atoms with van der Waals surface area (Å²) in [5, 5.41) is 3.01. The van der Waals surface area contributed by atoms with E-state index in [0.29, 0.717) is 0 Å². The van der Waals surface area contributed by atoms with E-state index >= 15 is 0 Å². The number of rotatable bonds is 3. The van der Waals surface area contributed by atoms with Gasteiger partial charge in [0.15, 0.2) is 5.81 Å². The molecular formula is C12H26BNO. The van der Waals surface area contributed by atoms with Crippen molar-refractivity contribution in [3.63, 3.8) is 0 Å². The topological polar surface area (TPSA) is 29.1 Å². The molecule has 0 aliphatic rings. The summed E-state index contributed by atoms with van der Waals surface area (Å²) < 4.78 is 0. The van der Waals surface area contributed by atoms with E-state index in [1.54, 1.807) is 7.85 Å². The molecular weight excluding hydrogens is 185 g/mol. The van der Waals surface area contributed by atoms with Gasteiger partial charge in [-0.1, -0.05) is 34.6 Å². The summed E-state index contributed by atoms with van der Waals surface area (Å²) in [6.45, 7) is 15.4. The van der Waals surface area contributed by atoms with Gasteiger partial charge in [-0.25, -0.2) is 0 Å². The highest BCUT2D eigenvalue weighted by atomic mass is 16.1. The average Bonchev–Trinajstić information content (AvgIpc) is 1.75. The van der Waals surface area contributed by atoms with E-state index < -0.39 is 0 Å². The maximum absolute atomic E-state index is 11.1. The molecule has 0 aliphatic carbocycles. The molecule has 0 unspecified atom stereocenters.